The maximum Gasteiger partial charge on any atom is 0.260 e. The zero-order valence-electron chi connectivity index (χ0n) is 17.5. The Balaban J connectivity index is 1.51. The molecule has 30 heavy (non-hydrogen) atoms. The zero-order chi connectivity index (χ0) is 21.5. The molecule has 0 saturated carbocycles. The minimum Gasteiger partial charge on any atom is -0.493 e. The Morgan fingerprint density at radius 1 is 0.967 bits per heavy atom. The third kappa shape index (κ3) is 5.49. The number of nitrogens with zero attached hydrogens (tertiary/aromatic N) is 2. The first-order chi connectivity index (χ1) is 14.5. The summed E-state index contributed by atoms with van der Waals surface area (Å²) < 4.78 is 21.6. The van der Waals surface area contributed by atoms with Crippen molar-refractivity contribution in [3.8, 4) is 23.0 Å². The van der Waals surface area contributed by atoms with Gasteiger partial charge in [-0.1, -0.05) is 23.7 Å². The van der Waals surface area contributed by atoms with Crippen molar-refractivity contribution in [2.75, 3.05) is 54.1 Å². The first-order valence-electron chi connectivity index (χ1n) is 9.71. The summed E-state index contributed by atoms with van der Waals surface area (Å²) in [5.74, 6) is 1.88. The summed E-state index contributed by atoms with van der Waals surface area (Å²) in [4.78, 5) is 16.7. The van der Waals surface area contributed by atoms with Crippen LogP contribution in [0.1, 0.15) is 5.56 Å². The van der Waals surface area contributed by atoms with Crippen LogP contribution in [0.15, 0.2) is 36.4 Å². The lowest BCUT2D eigenvalue weighted by atomic mass is 10.2. The van der Waals surface area contributed by atoms with Gasteiger partial charge in [-0.05, 0) is 17.7 Å². The van der Waals surface area contributed by atoms with Crippen molar-refractivity contribution in [3.63, 3.8) is 0 Å². The van der Waals surface area contributed by atoms with Gasteiger partial charge in [0.25, 0.3) is 5.91 Å². The van der Waals surface area contributed by atoms with Crippen molar-refractivity contribution in [1.29, 1.82) is 0 Å². The molecule has 7 nitrogen and oxygen atoms in total. The van der Waals surface area contributed by atoms with E-state index in [1.54, 1.807) is 12.1 Å². The van der Waals surface area contributed by atoms with Gasteiger partial charge in [0, 0.05) is 49.9 Å². The molecule has 0 N–H and O–H groups in total. The first kappa shape index (κ1) is 22.1. The summed E-state index contributed by atoms with van der Waals surface area (Å²) >= 11 is 6.06. The fourth-order valence-electron chi connectivity index (χ4n) is 3.43. The molecule has 0 bridgehead atoms. The van der Waals surface area contributed by atoms with E-state index in [0.29, 0.717) is 36.1 Å². The molecule has 1 aliphatic rings. The maximum atomic E-state index is 12.6. The predicted molar refractivity (Wildman–Crippen MR) is 115 cm³/mol. The number of benzene rings is 2. The molecule has 8 heteroatoms. The van der Waals surface area contributed by atoms with Gasteiger partial charge in [-0.2, -0.15) is 0 Å². The molecule has 1 fully saturated rings. The Morgan fingerprint density at radius 3 is 2.20 bits per heavy atom. The van der Waals surface area contributed by atoms with Gasteiger partial charge in [-0.3, -0.25) is 9.69 Å². The molecule has 1 aliphatic heterocycles. The number of methoxy groups -OCH3 is 3. The first-order valence-corrected chi connectivity index (χ1v) is 10.1. The van der Waals surface area contributed by atoms with E-state index < -0.39 is 0 Å². The minimum absolute atomic E-state index is 0.0487. The number of carbonyl (C=O) groups excluding carboxylic acids is 1. The molecule has 0 unspecified atom stereocenters. The molecule has 1 saturated heterocycles. The lowest BCUT2D eigenvalue weighted by Gasteiger charge is -2.34. The normalized spacial score (nSPS) is 14.3. The molecule has 0 spiro atoms. The molecule has 1 amide bonds. The topological polar surface area (TPSA) is 60.5 Å². The van der Waals surface area contributed by atoms with E-state index in [0.717, 1.165) is 24.7 Å². The standard InChI is InChI=1S/C22H27ClN2O5/c1-27-19-12-18(13-20(28-2)22(19)29-3)30-15-21(26)25-9-7-24(8-10-25)14-16-5-4-6-17(23)11-16/h4-6,11-13H,7-10,14-15H2,1-3H3. The van der Waals surface area contributed by atoms with E-state index in [1.807, 2.05) is 23.1 Å². The second-order valence-corrected chi connectivity index (χ2v) is 7.37. The van der Waals surface area contributed by atoms with E-state index >= 15 is 0 Å². The molecular formula is C22H27ClN2O5. The fraction of sp³-hybridized carbons (Fsp3) is 0.409. The van der Waals surface area contributed by atoms with Gasteiger partial charge in [-0.25, -0.2) is 0 Å². The average molecular weight is 435 g/mol. The molecule has 0 radical (unpaired) electrons. The third-order valence-electron chi connectivity index (χ3n) is 5.02. The number of hydrogen-bond donors (Lipinski definition) is 0. The Morgan fingerprint density at radius 2 is 1.63 bits per heavy atom. The van der Waals surface area contributed by atoms with Gasteiger partial charge in [0.1, 0.15) is 5.75 Å². The summed E-state index contributed by atoms with van der Waals surface area (Å²) in [6, 6.07) is 11.2. The Hall–Kier alpha value is -2.64. The summed E-state index contributed by atoms with van der Waals surface area (Å²) in [7, 11) is 4.61. The van der Waals surface area contributed by atoms with Crippen molar-refractivity contribution in [2.24, 2.45) is 0 Å². The van der Waals surface area contributed by atoms with E-state index in [9.17, 15) is 4.79 Å². The van der Waals surface area contributed by atoms with Gasteiger partial charge in [0.05, 0.1) is 21.3 Å². The highest BCUT2D eigenvalue weighted by Crippen LogP contribution is 2.40. The molecule has 2 aromatic rings. The van der Waals surface area contributed by atoms with E-state index in [2.05, 4.69) is 11.0 Å². The minimum atomic E-state index is -0.0499. The Labute approximate surface area is 182 Å². The van der Waals surface area contributed by atoms with Crippen molar-refractivity contribution < 1.29 is 23.7 Å². The van der Waals surface area contributed by atoms with Gasteiger partial charge in [-0.15, -0.1) is 0 Å². The Kier molecular flexibility index (Phi) is 7.65. The summed E-state index contributed by atoms with van der Waals surface area (Å²) in [6.07, 6.45) is 0. The highest BCUT2D eigenvalue weighted by atomic mass is 35.5. The van der Waals surface area contributed by atoms with Gasteiger partial charge < -0.3 is 23.8 Å². The fourth-order valence-corrected chi connectivity index (χ4v) is 3.64. The van der Waals surface area contributed by atoms with Crippen molar-refractivity contribution in [2.45, 2.75) is 6.54 Å². The van der Waals surface area contributed by atoms with Crippen LogP contribution in [0.2, 0.25) is 5.02 Å². The number of rotatable bonds is 8. The van der Waals surface area contributed by atoms with Crippen LogP contribution in [-0.2, 0) is 11.3 Å². The second-order valence-electron chi connectivity index (χ2n) is 6.94. The van der Waals surface area contributed by atoms with Crippen LogP contribution in [0.5, 0.6) is 23.0 Å². The highest BCUT2D eigenvalue weighted by Gasteiger charge is 2.22. The lowest BCUT2D eigenvalue weighted by molar-refractivity contribution is -0.135. The molecule has 2 aromatic carbocycles. The maximum absolute atomic E-state index is 12.6. The number of hydrogen-bond acceptors (Lipinski definition) is 6. The van der Waals surface area contributed by atoms with Crippen LogP contribution in [0.25, 0.3) is 0 Å². The van der Waals surface area contributed by atoms with Crippen LogP contribution < -0.4 is 18.9 Å². The Bertz CT molecular complexity index is 843. The van der Waals surface area contributed by atoms with Crippen LogP contribution in [0, 0.1) is 0 Å². The van der Waals surface area contributed by atoms with Crippen LogP contribution >= 0.6 is 11.6 Å². The third-order valence-corrected chi connectivity index (χ3v) is 5.26. The second kappa shape index (κ2) is 10.4. The zero-order valence-corrected chi connectivity index (χ0v) is 18.3. The number of ether oxygens (including phenoxy) is 4. The van der Waals surface area contributed by atoms with Crippen molar-refractivity contribution >= 4 is 17.5 Å². The molecule has 1 heterocycles. The van der Waals surface area contributed by atoms with Gasteiger partial charge in [0.15, 0.2) is 18.1 Å². The molecule has 3 rings (SSSR count). The van der Waals surface area contributed by atoms with Crippen molar-refractivity contribution in [1.82, 2.24) is 9.80 Å². The number of piperazine rings is 1. The number of amides is 1. The number of carbonyl (C=O) groups is 1. The summed E-state index contributed by atoms with van der Waals surface area (Å²) in [5, 5.41) is 0.741. The van der Waals surface area contributed by atoms with Crippen molar-refractivity contribution in [3.05, 3.63) is 47.0 Å². The molecular weight excluding hydrogens is 408 g/mol. The van der Waals surface area contributed by atoms with Crippen LogP contribution in [0.3, 0.4) is 0 Å². The molecule has 162 valence electrons. The largest absolute Gasteiger partial charge is 0.493 e. The number of halogens is 1. The van der Waals surface area contributed by atoms with Crippen LogP contribution in [0.4, 0.5) is 0 Å². The molecule has 0 aromatic heterocycles. The summed E-state index contributed by atoms with van der Waals surface area (Å²) in [6.45, 7) is 3.72. The quantitative estimate of drug-likeness (QED) is 0.636. The lowest BCUT2D eigenvalue weighted by Crippen LogP contribution is -2.49. The molecule has 0 aliphatic carbocycles. The predicted octanol–water partition coefficient (Wildman–Crippen LogP) is 3.09. The average Bonchev–Trinajstić information content (AvgIpc) is 2.77. The van der Waals surface area contributed by atoms with E-state index in [4.69, 9.17) is 30.5 Å². The SMILES string of the molecule is COc1cc(OCC(=O)N2CCN(Cc3cccc(Cl)c3)CC2)cc(OC)c1OC. The summed E-state index contributed by atoms with van der Waals surface area (Å²) in [5.41, 5.74) is 1.17. The highest BCUT2D eigenvalue weighted by molar-refractivity contribution is 6.30. The van der Waals surface area contributed by atoms with E-state index in [1.165, 1.54) is 26.9 Å². The smallest absolute Gasteiger partial charge is 0.260 e. The van der Waals surface area contributed by atoms with Gasteiger partial charge in [0.2, 0.25) is 5.75 Å². The molecule has 0 atom stereocenters. The van der Waals surface area contributed by atoms with Gasteiger partial charge >= 0.3 is 0 Å². The van der Waals surface area contributed by atoms with Crippen LogP contribution in [-0.4, -0.2) is 69.8 Å². The van der Waals surface area contributed by atoms with E-state index in [-0.39, 0.29) is 12.5 Å². The monoisotopic (exact) mass is 434 g/mol.